The Morgan fingerprint density at radius 3 is 2.00 bits per heavy atom. The van der Waals surface area contributed by atoms with Crippen molar-refractivity contribution < 1.29 is 37.7 Å². The van der Waals surface area contributed by atoms with Crippen LogP contribution in [-0.4, -0.2) is 60.9 Å². The predicted molar refractivity (Wildman–Crippen MR) is 165 cm³/mol. The first-order valence-corrected chi connectivity index (χ1v) is 15.9. The van der Waals surface area contributed by atoms with E-state index in [9.17, 15) is 19.0 Å². The quantitative estimate of drug-likeness (QED) is 0.163. The number of methoxy groups -OCH3 is 2. The van der Waals surface area contributed by atoms with Gasteiger partial charge in [0, 0.05) is 25.8 Å². The van der Waals surface area contributed by atoms with Crippen LogP contribution >= 0.6 is 7.60 Å². The van der Waals surface area contributed by atoms with Crippen molar-refractivity contribution in [2.45, 2.75) is 30.5 Å². The summed E-state index contributed by atoms with van der Waals surface area (Å²) in [5, 5.41) is 0. The molecule has 0 spiro atoms. The fraction of sp³-hybridized carbons (Fsp3) is 0.312. The van der Waals surface area contributed by atoms with Gasteiger partial charge in [-0.15, -0.1) is 0 Å². The molecule has 4 atom stereocenters. The number of H-pyrrole nitrogens is 1. The lowest BCUT2D eigenvalue weighted by Gasteiger charge is -2.37. The molecule has 1 aliphatic rings. The lowest BCUT2D eigenvalue weighted by molar-refractivity contribution is -0.101. The van der Waals surface area contributed by atoms with Crippen molar-refractivity contribution >= 4 is 7.60 Å². The maximum absolute atomic E-state index is 12.6. The van der Waals surface area contributed by atoms with Crippen LogP contribution in [0.4, 0.5) is 0 Å². The van der Waals surface area contributed by atoms with Crippen LogP contribution in [0.1, 0.15) is 29.3 Å². The second-order valence-electron chi connectivity index (χ2n) is 10.4. The van der Waals surface area contributed by atoms with Crippen molar-refractivity contribution in [3.63, 3.8) is 0 Å². The van der Waals surface area contributed by atoms with Crippen molar-refractivity contribution in [2.24, 2.45) is 0 Å². The summed E-state index contributed by atoms with van der Waals surface area (Å²) >= 11 is 0. The maximum Gasteiger partial charge on any atom is 0.353 e. The number of nitrogens with zero attached hydrogens (tertiary/aromatic N) is 1. The van der Waals surface area contributed by atoms with E-state index < -0.39 is 49.2 Å². The van der Waals surface area contributed by atoms with E-state index in [1.54, 1.807) is 14.2 Å². The largest absolute Gasteiger partial charge is 0.497 e. The number of ether oxygens (including phenoxy) is 5. The third kappa shape index (κ3) is 7.12. The normalized spacial score (nSPS) is 19.6. The zero-order valence-electron chi connectivity index (χ0n) is 25.0. The fourth-order valence-electron chi connectivity index (χ4n) is 5.37. The Balaban J connectivity index is 1.56. The van der Waals surface area contributed by atoms with E-state index in [2.05, 4.69) is 4.98 Å². The summed E-state index contributed by atoms with van der Waals surface area (Å²) in [6.45, 7) is -0.0606. The van der Waals surface area contributed by atoms with Gasteiger partial charge < -0.3 is 33.1 Å². The minimum Gasteiger partial charge on any atom is -0.497 e. The van der Waals surface area contributed by atoms with Crippen LogP contribution < -0.4 is 20.7 Å². The summed E-state index contributed by atoms with van der Waals surface area (Å²) in [5.74, 6) is 1.34. The van der Waals surface area contributed by atoms with Gasteiger partial charge in [-0.1, -0.05) is 54.6 Å². The van der Waals surface area contributed by atoms with Gasteiger partial charge >= 0.3 is 13.3 Å². The molecule has 4 aromatic rings. The van der Waals surface area contributed by atoms with Crippen molar-refractivity contribution in [1.29, 1.82) is 0 Å². The molecule has 238 valence electrons. The van der Waals surface area contributed by atoms with Gasteiger partial charge in [-0.05, 0) is 41.0 Å². The molecule has 0 aliphatic carbocycles. The topological polar surface area (TPSA) is 148 Å². The van der Waals surface area contributed by atoms with E-state index in [4.69, 9.17) is 28.2 Å². The van der Waals surface area contributed by atoms with Crippen LogP contribution in [0.2, 0.25) is 0 Å². The average molecular weight is 639 g/mol. The number of aromatic amines is 1. The van der Waals surface area contributed by atoms with Gasteiger partial charge in [0.25, 0.3) is 5.56 Å². The molecular formula is C32H35N2O10P. The summed E-state index contributed by atoms with van der Waals surface area (Å²) in [6.07, 6.45) is -1.55. The van der Waals surface area contributed by atoms with Crippen LogP contribution in [0.15, 0.2) is 101 Å². The molecule has 1 unspecified atom stereocenters. The van der Waals surface area contributed by atoms with Crippen LogP contribution in [0.25, 0.3) is 0 Å². The molecule has 0 bridgehead atoms. The predicted octanol–water partition coefficient (Wildman–Crippen LogP) is 4.02. The van der Waals surface area contributed by atoms with Crippen LogP contribution in [0.3, 0.4) is 0 Å². The Kier molecular flexibility index (Phi) is 10.0. The minimum atomic E-state index is -4.03. The Morgan fingerprint density at radius 1 is 0.889 bits per heavy atom. The first kappa shape index (κ1) is 32.4. The number of benzene rings is 3. The Morgan fingerprint density at radius 2 is 1.47 bits per heavy atom. The fourth-order valence-corrected chi connectivity index (χ4v) is 5.86. The summed E-state index contributed by atoms with van der Waals surface area (Å²) in [7, 11) is 0.279. The molecule has 0 radical (unpaired) electrons. The molecule has 1 fully saturated rings. The van der Waals surface area contributed by atoms with Crippen molar-refractivity contribution in [3.05, 3.63) is 129 Å². The molecule has 0 saturated carbocycles. The molecule has 5 rings (SSSR count). The van der Waals surface area contributed by atoms with Gasteiger partial charge in [-0.25, -0.2) is 4.79 Å². The SMILES string of the molecule is COc1ccc(C(OC[C@H]2O[C@@H](n3ccc(=O)[nH]c3=O)C[C@@H]2OCP(=O)(O)OC)(c2ccccc2)c2ccc(OC)cc2)cc1. The Hall–Kier alpha value is -4.03. The molecule has 45 heavy (non-hydrogen) atoms. The van der Waals surface area contributed by atoms with Crippen molar-refractivity contribution in [3.8, 4) is 11.5 Å². The van der Waals surface area contributed by atoms with E-state index in [-0.39, 0.29) is 13.0 Å². The van der Waals surface area contributed by atoms with Gasteiger partial charge in [-0.3, -0.25) is 18.9 Å². The first-order chi connectivity index (χ1) is 21.7. The van der Waals surface area contributed by atoms with Crippen LogP contribution in [0.5, 0.6) is 11.5 Å². The Bertz CT molecular complexity index is 1680. The lowest BCUT2D eigenvalue weighted by atomic mass is 9.80. The van der Waals surface area contributed by atoms with Crippen LogP contribution in [-0.2, 0) is 28.9 Å². The van der Waals surface area contributed by atoms with E-state index >= 15 is 0 Å². The number of rotatable bonds is 13. The zero-order chi connectivity index (χ0) is 32.0. The monoisotopic (exact) mass is 638 g/mol. The van der Waals surface area contributed by atoms with Gasteiger partial charge in [0.05, 0.1) is 26.9 Å². The summed E-state index contributed by atoms with van der Waals surface area (Å²) in [6, 6.07) is 25.9. The summed E-state index contributed by atoms with van der Waals surface area (Å²) in [5.41, 5.74) is 0.0379. The van der Waals surface area contributed by atoms with E-state index in [1.807, 2.05) is 78.9 Å². The number of hydrogen-bond acceptors (Lipinski definition) is 9. The zero-order valence-corrected chi connectivity index (χ0v) is 25.9. The van der Waals surface area contributed by atoms with E-state index in [1.165, 1.54) is 16.8 Å². The lowest BCUT2D eigenvalue weighted by Crippen LogP contribution is -2.38. The highest BCUT2D eigenvalue weighted by Gasteiger charge is 2.43. The molecule has 0 amide bonds. The van der Waals surface area contributed by atoms with E-state index in [0.29, 0.717) is 11.5 Å². The van der Waals surface area contributed by atoms with Gasteiger partial charge in [0.15, 0.2) is 0 Å². The first-order valence-electron chi connectivity index (χ1n) is 14.1. The number of aromatic nitrogens is 2. The van der Waals surface area contributed by atoms with Crippen molar-refractivity contribution in [1.82, 2.24) is 9.55 Å². The van der Waals surface area contributed by atoms with Gasteiger partial charge in [-0.2, -0.15) is 0 Å². The third-order valence-corrected chi connectivity index (χ3v) is 8.76. The third-order valence-electron chi connectivity index (χ3n) is 7.72. The molecule has 3 aromatic carbocycles. The molecule has 2 heterocycles. The Labute approximate surface area is 259 Å². The maximum atomic E-state index is 12.6. The standard InChI is InChI=1S/C32H35N2O10P/c1-39-25-13-9-23(10-14-25)32(22-7-5-4-6-8-22,24-11-15-26(40-2)16-12-24)43-20-28-27(42-21-45(37,38)41-3)19-30(44-28)34-18-17-29(35)33-31(34)36/h4-18,27-28,30H,19-21H2,1-3H3,(H,37,38)(H,33,35,36)/t27-,28+,30+/m0/s1. The highest BCUT2D eigenvalue weighted by atomic mass is 31.2. The van der Waals surface area contributed by atoms with Crippen molar-refractivity contribution in [2.75, 3.05) is 34.3 Å². The smallest absolute Gasteiger partial charge is 0.353 e. The van der Waals surface area contributed by atoms with E-state index in [0.717, 1.165) is 23.8 Å². The van der Waals surface area contributed by atoms with Crippen LogP contribution in [0, 0.1) is 0 Å². The molecule has 1 saturated heterocycles. The highest BCUT2D eigenvalue weighted by Crippen LogP contribution is 2.45. The molecule has 12 nitrogen and oxygen atoms in total. The van der Waals surface area contributed by atoms with Gasteiger partial charge in [0.1, 0.15) is 35.8 Å². The molecular weight excluding hydrogens is 603 g/mol. The molecule has 1 aromatic heterocycles. The highest BCUT2D eigenvalue weighted by molar-refractivity contribution is 7.52. The second-order valence-corrected chi connectivity index (χ2v) is 12.3. The van der Waals surface area contributed by atoms with Gasteiger partial charge in [0.2, 0.25) is 0 Å². The average Bonchev–Trinajstić information content (AvgIpc) is 3.47. The number of nitrogens with one attached hydrogen (secondary N) is 1. The molecule has 1 aliphatic heterocycles. The molecule has 13 heteroatoms. The summed E-state index contributed by atoms with van der Waals surface area (Å²) < 4.78 is 48.2. The minimum absolute atomic E-state index is 0.0606. The summed E-state index contributed by atoms with van der Waals surface area (Å²) in [4.78, 5) is 36.6. The second kappa shape index (κ2) is 13.9. The number of hydrogen-bond donors (Lipinski definition) is 2. The molecule has 2 N–H and O–H groups in total.